The van der Waals surface area contributed by atoms with E-state index in [1.54, 1.807) is 11.8 Å². The van der Waals surface area contributed by atoms with Crippen LogP contribution in [0.3, 0.4) is 0 Å². The molecule has 0 nitrogen and oxygen atoms in total. The Labute approximate surface area is 57.1 Å². The molecule has 0 aliphatic rings. The van der Waals surface area contributed by atoms with Gasteiger partial charge in [0.1, 0.15) is 0 Å². The predicted molar refractivity (Wildman–Crippen MR) is 41.9 cm³/mol. The van der Waals surface area contributed by atoms with Crippen molar-refractivity contribution >= 4 is 11.8 Å². The van der Waals surface area contributed by atoms with E-state index >= 15 is 0 Å². The fourth-order valence-electron chi connectivity index (χ4n) is 0.167. The van der Waals surface area contributed by atoms with Gasteiger partial charge in [0, 0.05) is 11.0 Å². The van der Waals surface area contributed by atoms with E-state index in [2.05, 4.69) is 34.0 Å². The molecule has 0 aliphatic heterocycles. The number of thioether (sulfide) groups is 1. The first-order valence-electron chi connectivity index (χ1n) is 2.94. The van der Waals surface area contributed by atoms with Gasteiger partial charge in [-0.05, 0) is 5.92 Å². The Balaban J connectivity index is 3.71. The van der Waals surface area contributed by atoms with Crippen molar-refractivity contribution in [2.75, 3.05) is 0 Å². The molecule has 0 rings (SSSR count). The molecule has 0 aromatic rings. The van der Waals surface area contributed by atoms with Crippen LogP contribution in [0.25, 0.3) is 0 Å². The summed E-state index contributed by atoms with van der Waals surface area (Å²) in [5.74, 6) is 0.713. The third kappa shape index (κ3) is 2.08. The lowest BCUT2D eigenvalue weighted by Crippen LogP contribution is -2.21. The van der Waals surface area contributed by atoms with Crippen LogP contribution in [0.15, 0.2) is 0 Å². The smallest absolute Gasteiger partial charge is 0.0126 e. The summed E-state index contributed by atoms with van der Waals surface area (Å²) in [4.78, 5) is 0. The normalized spacial score (nSPS) is 12.8. The standard InChI is InChI=1S/C7H15S/c1-6(2)7(3,4)8-5/h6H,5H2,1-4H3. The Morgan fingerprint density at radius 2 is 1.75 bits per heavy atom. The zero-order chi connectivity index (χ0) is 6.78. The van der Waals surface area contributed by atoms with Crippen LogP contribution in [0.2, 0.25) is 0 Å². The van der Waals surface area contributed by atoms with E-state index < -0.39 is 0 Å². The highest BCUT2D eigenvalue weighted by Crippen LogP contribution is 2.30. The van der Waals surface area contributed by atoms with Crippen molar-refractivity contribution in [2.45, 2.75) is 32.4 Å². The lowest BCUT2D eigenvalue weighted by Gasteiger charge is -2.26. The van der Waals surface area contributed by atoms with Crippen molar-refractivity contribution in [2.24, 2.45) is 5.92 Å². The second-order valence-corrected chi connectivity index (χ2v) is 4.24. The largest absolute Gasteiger partial charge is 0.155 e. The maximum atomic E-state index is 3.80. The quantitative estimate of drug-likeness (QED) is 0.555. The summed E-state index contributed by atoms with van der Waals surface area (Å²) in [5.41, 5.74) is 0. The Morgan fingerprint density at radius 1 is 1.38 bits per heavy atom. The molecular weight excluding hydrogens is 116 g/mol. The summed E-state index contributed by atoms with van der Waals surface area (Å²) < 4.78 is 0.347. The minimum absolute atomic E-state index is 0.347. The highest BCUT2D eigenvalue weighted by atomic mass is 32.2. The first kappa shape index (κ1) is 8.35. The molecule has 0 amide bonds. The van der Waals surface area contributed by atoms with Crippen LogP contribution < -0.4 is 0 Å². The van der Waals surface area contributed by atoms with Gasteiger partial charge < -0.3 is 0 Å². The molecule has 0 heterocycles. The first-order valence-corrected chi connectivity index (χ1v) is 3.92. The number of hydrogen-bond donors (Lipinski definition) is 0. The second-order valence-electron chi connectivity index (χ2n) is 2.90. The van der Waals surface area contributed by atoms with Crippen LogP contribution in [0.1, 0.15) is 27.7 Å². The van der Waals surface area contributed by atoms with Crippen LogP contribution >= 0.6 is 11.8 Å². The van der Waals surface area contributed by atoms with Crippen molar-refractivity contribution in [3.63, 3.8) is 0 Å². The zero-order valence-corrected chi connectivity index (χ0v) is 7.01. The minimum atomic E-state index is 0.347. The molecule has 0 saturated carbocycles. The average molecular weight is 131 g/mol. The van der Waals surface area contributed by atoms with Crippen molar-refractivity contribution < 1.29 is 0 Å². The van der Waals surface area contributed by atoms with Crippen molar-refractivity contribution in [1.29, 1.82) is 0 Å². The molecule has 0 N–H and O–H groups in total. The monoisotopic (exact) mass is 131 g/mol. The lowest BCUT2D eigenvalue weighted by molar-refractivity contribution is 0.505. The van der Waals surface area contributed by atoms with Gasteiger partial charge in [0.15, 0.2) is 0 Å². The van der Waals surface area contributed by atoms with Gasteiger partial charge in [-0.25, -0.2) is 0 Å². The molecule has 0 aromatic heterocycles. The van der Waals surface area contributed by atoms with Gasteiger partial charge in [0.2, 0.25) is 0 Å². The molecule has 1 radical (unpaired) electrons. The summed E-state index contributed by atoms with van der Waals surface area (Å²) in [6, 6.07) is 0. The van der Waals surface area contributed by atoms with E-state index in [9.17, 15) is 0 Å². The van der Waals surface area contributed by atoms with Gasteiger partial charge in [0.05, 0.1) is 0 Å². The van der Waals surface area contributed by atoms with Gasteiger partial charge in [-0.2, -0.15) is 11.8 Å². The van der Waals surface area contributed by atoms with Gasteiger partial charge in [-0.1, -0.05) is 27.7 Å². The highest BCUT2D eigenvalue weighted by Gasteiger charge is 2.19. The Kier molecular flexibility index (Phi) is 2.89. The summed E-state index contributed by atoms with van der Waals surface area (Å²) in [6.07, 6.45) is 3.80. The molecule has 0 spiro atoms. The molecule has 0 unspecified atom stereocenters. The zero-order valence-electron chi connectivity index (χ0n) is 6.19. The molecule has 0 atom stereocenters. The molecule has 8 heavy (non-hydrogen) atoms. The fraction of sp³-hybridized carbons (Fsp3) is 0.857. The summed E-state index contributed by atoms with van der Waals surface area (Å²) in [6.45, 7) is 8.88. The van der Waals surface area contributed by atoms with Crippen LogP contribution in [0.5, 0.6) is 0 Å². The third-order valence-corrected chi connectivity index (χ3v) is 2.98. The first-order chi connectivity index (χ1) is 3.50. The predicted octanol–water partition coefficient (Wildman–Crippen LogP) is 2.95. The lowest BCUT2D eigenvalue weighted by atomic mass is 10.00. The maximum absolute atomic E-state index is 3.80. The minimum Gasteiger partial charge on any atom is -0.155 e. The summed E-state index contributed by atoms with van der Waals surface area (Å²) in [5, 5.41) is 0. The summed E-state index contributed by atoms with van der Waals surface area (Å²) in [7, 11) is 0. The van der Waals surface area contributed by atoms with Crippen LogP contribution in [0.4, 0.5) is 0 Å². The van der Waals surface area contributed by atoms with E-state index in [4.69, 9.17) is 0 Å². The number of hydrogen-bond acceptors (Lipinski definition) is 1. The SMILES string of the molecule is [CH2]SC(C)(C)C(C)C. The van der Waals surface area contributed by atoms with Crippen LogP contribution in [-0.4, -0.2) is 4.75 Å². The van der Waals surface area contributed by atoms with Crippen LogP contribution in [-0.2, 0) is 0 Å². The highest BCUT2D eigenvalue weighted by molar-refractivity contribution is 8.01. The maximum Gasteiger partial charge on any atom is 0.0126 e. The molecule has 0 aromatic carbocycles. The van der Waals surface area contributed by atoms with E-state index in [1.165, 1.54) is 0 Å². The van der Waals surface area contributed by atoms with E-state index in [0.717, 1.165) is 0 Å². The summed E-state index contributed by atoms with van der Waals surface area (Å²) >= 11 is 1.69. The molecule has 1 heteroatoms. The molecule has 0 saturated heterocycles. The second kappa shape index (κ2) is 2.77. The Bertz CT molecular complexity index is 64.8. The molecule has 0 bridgehead atoms. The van der Waals surface area contributed by atoms with Crippen LogP contribution in [0, 0.1) is 12.2 Å². The third-order valence-electron chi connectivity index (χ3n) is 1.76. The van der Waals surface area contributed by atoms with Gasteiger partial charge in [-0.3, -0.25) is 0 Å². The van der Waals surface area contributed by atoms with Gasteiger partial charge in [-0.15, -0.1) is 0 Å². The van der Waals surface area contributed by atoms with Crippen molar-refractivity contribution in [3.8, 4) is 0 Å². The number of rotatable bonds is 2. The van der Waals surface area contributed by atoms with Gasteiger partial charge in [0.25, 0.3) is 0 Å². The van der Waals surface area contributed by atoms with Gasteiger partial charge >= 0.3 is 0 Å². The van der Waals surface area contributed by atoms with E-state index in [1.807, 2.05) is 0 Å². The van der Waals surface area contributed by atoms with E-state index in [-0.39, 0.29) is 0 Å². The Hall–Kier alpha value is 0.350. The molecule has 0 aliphatic carbocycles. The molecular formula is C7H15S. The average Bonchev–Trinajstić information content (AvgIpc) is 1.67. The van der Waals surface area contributed by atoms with Crippen molar-refractivity contribution in [3.05, 3.63) is 6.26 Å². The van der Waals surface area contributed by atoms with E-state index in [0.29, 0.717) is 10.7 Å². The fourth-order valence-corrected chi connectivity index (χ4v) is 0.500. The topological polar surface area (TPSA) is 0 Å². The molecule has 49 valence electrons. The Morgan fingerprint density at radius 3 is 1.75 bits per heavy atom. The van der Waals surface area contributed by atoms with Crippen molar-refractivity contribution in [1.82, 2.24) is 0 Å². The molecule has 0 fully saturated rings.